The summed E-state index contributed by atoms with van der Waals surface area (Å²) in [5, 5.41) is 20.2. The smallest absolute Gasteiger partial charge is 0.545 e. The Morgan fingerprint density at radius 1 is 0.600 bits per heavy atom. The molecular weight excluding hydrogens is 359 g/mol. The van der Waals surface area contributed by atoms with Gasteiger partial charge >= 0.3 is 34.1 Å². The van der Waals surface area contributed by atoms with Gasteiger partial charge in [-0.25, -0.2) is 0 Å². The Morgan fingerprint density at radius 2 is 0.850 bits per heavy atom. The first-order valence-corrected chi connectivity index (χ1v) is 5.14. The van der Waals surface area contributed by atoms with Gasteiger partial charge in [0.2, 0.25) is 0 Å². The number of carbonyl (C=O) groups is 2. The van der Waals surface area contributed by atoms with E-state index in [1.807, 2.05) is 0 Å². The van der Waals surface area contributed by atoms with Crippen molar-refractivity contribution in [3.05, 3.63) is 71.8 Å². The molecule has 2 aromatic carbocycles. The van der Waals surface area contributed by atoms with E-state index in [0.717, 1.165) is 0 Å². The predicted molar refractivity (Wildman–Crippen MR) is 61.5 cm³/mol. The van der Waals surface area contributed by atoms with E-state index in [4.69, 9.17) is 0 Å². The molecule has 2 aromatic rings. The first-order chi connectivity index (χ1) is 8.61. The topological polar surface area (TPSA) is 80.3 Å². The molecule has 20 heavy (non-hydrogen) atoms. The third-order valence-electron chi connectivity index (χ3n) is 2.02. The number of rotatable bonds is 2. The van der Waals surface area contributed by atoms with E-state index >= 15 is 0 Å². The molecule has 0 unspecified atom stereocenters. The molecule has 112 valence electrons. The van der Waals surface area contributed by atoms with Crippen molar-refractivity contribution in [2.45, 2.75) is 0 Å². The molecule has 0 amide bonds. The molecule has 0 aliphatic heterocycles. The summed E-state index contributed by atoms with van der Waals surface area (Å²) >= 11 is 0. The molecule has 0 saturated carbocycles. The zero-order valence-corrected chi connectivity index (χ0v) is 11.9. The van der Waals surface area contributed by atoms with E-state index in [1.54, 1.807) is 36.4 Å². The minimum absolute atomic E-state index is 0. The molecule has 0 heterocycles. The van der Waals surface area contributed by atoms with Gasteiger partial charge in [-0.3, -0.25) is 0 Å². The second-order valence-electron chi connectivity index (χ2n) is 3.31. The monoisotopic (exact) mass is 368 g/mol. The van der Waals surface area contributed by atoms with Crippen molar-refractivity contribution >= 4 is 11.9 Å². The number of carboxylic acid groups (broad SMARTS) is 2. The SMILES string of the molecule is O=C([O-])c1ccccc1.O=C([O-])c1ccccc1.[Cu+].[Cu+]. The van der Waals surface area contributed by atoms with Crippen molar-refractivity contribution in [3.8, 4) is 0 Å². The summed E-state index contributed by atoms with van der Waals surface area (Å²) in [6.07, 6.45) is 0. The van der Waals surface area contributed by atoms with Crippen molar-refractivity contribution in [2.24, 2.45) is 0 Å². The van der Waals surface area contributed by atoms with Crippen LogP contribution in [-0.2, 0) is 34.1 Å². The Bertz CT molecular complexity index is 466. The molecule has 0 aliphatic carbocycles. The van der Waals surface area contributed by atoms with Crippen LogP contribution in [-0.4, -0.2) is 11.9 Å². The van der Waals surface area contributed by atoms with Crippen LogP contribution in [0.2, 0.25) is 0 Å². The Labute approximate surface area is 137 Å². The van der Waals surface area contributed by atoms with Gasteiger partial charge in [0.25, 0.3) is 0 Å². The summed E-state index contributed by atoms with van der Waals surface area (Å²) < 4.78 is 0. The van der Waals surface area contributed by atoms with Crippen LogP contribution in [0.5, 0.6) is 0 Å². The minimum Gasteiger partial charge on any atom is -0.545 e. The van der Waals surface area contributed by atoms with Crippen LogP contribution in [0.4, 0.5) is 0 Å². The zero-order valence-electron chi connectivity index (χ0n) is 10.0. The van der Waals surface area contributed by atoms with Crippen LogP contribution in [0.3, 0.4) is 0 Å². The fourth-order valence-corrected chi connectivity index (χ4v) is 1.15. The van der Waals surface area contributed by atoms with Crippen LogP contribution >= 0.6 is 0 Å². The summed E-state index contributed by atoms with van der Waals surface area (Å²) in [5.41, 5.74) is 0.440. The van der Waals surface area contributed by atoms with Gasteiger partial charge in [-0.1, -0.05) is 60.7 Å². The summed E-state index contributed by atoms with van der Waals surface area (Å²) in [4.78, 5) is 20.2. The first-order valence-electron chi connectivity index (χ1n) is 5.14. The summed E-state index contributed by atoms with van der Waals surface area (Å²) in [7, 11) is 0. The van der Waals surface area contributed by atoms with Crippen LogP contribution < -0.4 is 10.2 Å². The van der Waals surface area contributed by atoms with Crippen LogP contribution in [0, 0.1) is 0 Å². The van der Waals surface area contributed by atoms with E-state index in [9.17, 15) is 19.8 Å². The quantitative estimate of drug-likeness (QED) is 0.703. The van der Waals surface area contributed by atoms with Crippen LogP contribution in [0.15, 0.2) is 60.7 Å². The first kappa shape index (κ1) is 20.7. The van der Waals surface area contributed by atoms with Gasteiger partial charge in [0.15, 0.2) is 0 Å². The molecule has 0 radical (unpaired) electrons. The van der Waals surface area contributed by atoms with Gasteiger partial charge in [0.1, 0.15) is 0 Å². The number of benzene rings is 2. The molecule has 0 spiro atoms. The predicted octanol–water partition coefficient (Wildman–Crippen LogP) is 0.0952. The Hall–Kier alpha value is -1.58. The van der Waals surface area contributed by atoms with Crippen molar-refractivity contribution < 1.29 is 53.9 Å². The molecule has 6 heteroatoms. The van der Waals surface area contributed by atoms with Gasteiger partial charge < -0.3 is 19.8 Å². The van der Waals surface area contributed by atoms with E-state index in [1.165, 1.54) is 24.3 Å². The molecule has 0 aromatic heterocycles. The average molecular weight is 369 g/mol. The summed E-state index contributed by atoms with van der Waals surface area (Å²) in [6, 6.07) is 16.1. The minimum atomic E-state index is -1.13. The van der Waals surface area contributed by atoms with E-state index in [2.05, 4.69) is 0 Å². The molecule has 2 rings (SSSR count). The maximum Gasteiger partial charge on any atom is 1.00 e. The molecule has 0 bridgehead atoms. The van der Waals surface area contributed by atoms with E-state index in [0.29, 0.717) is 0 Å². The third kappa shape index (κ3) is 7.77. The fourth-order valence-electron chi connectivity index (χ4n) is 1.15. The third-order valence-corrected chi connectivity index (χ3v) is 2.02. The summed E-state index contributed by atoms with van der Waals surface area (Å²) in [6.45, 7) is 0. The van der Waals surface area contributed by atoms with Gasteiger partial charge in [0.05, 0.1) is 11.9 Å². The van der Waals surface area contributed by atoms with Crippen molar-refractivity contribution in [1.29, 1.82) is 0 Å². The average Bonchev–Trinajstić information content (AvgIpc) is 2.41. The maximum atomic E-state index is 10.1. The Balaban J connectivity index is 0. The molecule has 0 fully saturated rings. The standard InChI is InChI=1S/2C7H6O2.2Cu/c2*8-7(9)6-4-2-1-3-5-6;;/h2*1-5H,(H,8,9);;/q;;2*+1/p-2. The summed E-state index contributed by atoms with van der Waals surface area (Å²) in [5.74, 6) is -2.26. The Kier molecular flexibility index (Phi) is 11.7. The van der Waals surface area contributed by atoms with E-state index < -0.39 is 11.9 Å². The largest absolute Gasteiger partial charge is 1.00 e. The van der Waals surface area contributed by atoms with Crippen LogP contribution in [0.25, 0.3) is 0 Å². The van der Waals surface area contributed by atoms with Crippen molar-refractivity contribution in [3.63, 3.8) is 0 Å². The molecule has 0 N–H and O–H groups in total. The molecular formula is C14H10Cu2O4. The molecule has 0 atom stereocenters. The normalized spacial score (nSPS) is 8.00. The maximum absolute atomic E-state index is 10.1. The number of aromatic carboxylic acids is 2. The van der Waals surface area contributed by atoms with Crippen molar-refractivity contribution in [2.75, 3.05) is 0 Å². The number of carboxylic acids is 2. The second-order valence-corrected chi connectivity index (χ2v) is 3.31. The molecule has 4 nitrogen and oxygen atoms in total. The Morgan fingerprint density at radius 3 is 1.00 bits per heavy atom. The number of hydrogen-bond donors (Lipinski definition) is 0. The van der Waals surface area contributed by atoms with Crippen molar-refractivity contribution in [1.82, 2.24) is 0 Å². The van der Waals surface area contributed by atoms with Gasteiger partial charge in [0, 0.05) is 0 Å². The van der Waals surface area contributed by atoms with Gasteiger partial charge in [-0.05, 0) is 11.1 Å². The fraction of sp³-hybridized carbons (Fsp3) is 0. The zero-order chi connectivity index (χ0) is 13.4. The molecule has 0 aliphatic rings. The van der Waals surface area contributed by atoms with Gasteiger partial charge in [-0.15, -0.1) is 0 Å². The van der Waals surface area contributed by atoms with Crippen LogP contribution in [0.1, 0.15) is 20.7 Å². The van der Waals surface area contributed by atoms with E-state index in [-0.39, 0.29) is 45.3 Å². The number of carbonyl (C=O) groups excluding carboxylic acids is 2. The van der Waals surface area contributed by atoms with Gasteiger partial charge in [-0.2, -0.15) is 0 Å². The molecule has 0 saturated heterocycles. The number of hydrogen-bond acceptors (Lipinski definition) is 4. The second kappa shape index (κ2) is 11.3.